The molecular formula is C10H18ClN3O. The molecule has 0 spiro atoms. The molecule has 1 heterocycles. The highest BCUT2D eigenvalue weighted by molar-refractivity contribution is 6.16. The van der Waals surface area contributed by atoms with Crippen LogP contribution in [-0.4, -0.2) is 20.9 Å². The first-order valence-electron chi connectivity index (χ1n) is 5.16. The number of aromatic nitrogens is 3. The third-order valence-corrected chi connectivity index (χ3v) is 2.26. The van der Waals surface area contributed by atoms with E-state index in [4.69, 9.17) is 16.3 Å². The molecule has 15 heavy (non-hydrogen) atoms. The molecule has 0 atom stereocenters. The van der Waals surface area contributed by atoms with E-state index in [0.717, 1.165) is 11.6 Å². The SMILES string of the molecule is CC(C)OCc1nnc(CCl)n1C(C)C. The van der Waals surface area contributed by atoms with E-state index in [1.54, 1.807) is 0 Å². The number of rotatable bonds is 5. The Morgan fingerprint density at radius 1 is 1.20 bits per heavy atom. The van der Waals surface area contributed by atoms with Crippen LogP contribution in [0.25, 0.3) is 0 Å². The first-order valence-corrected chi connectivity index (χ1v) is 5.70. The van der Waals surface area contributed by atoms with Crippen molar-refractivity contribution in [2.75, 3.05) is 0 Å². The number of hydrogen-bond donors (Lipinski definition) is 0. The molecule has 5 heteroatoms. The first-order chi connectivity index (χ1) is 7.06. The molecule has 1 aromatic heterocycles. The molecule has 0 aromatic carbocycles. The monoisotopic (exact) mass is 231 g/mol. The van der Waals surface area contributed by atoms with Crippen LogP contribution in [0.4, 0.5) is 0 Å². The molecule has 1 rings (SSSR count). The van der Waals surface area contributed by atoms with E-state index >= 15 is 0 Å². The van der Waals surface area contributed by atoms with Crippen molar-refractivity contribution in [3.05, 3.63) is 11.6 Å². The van der Waals surface area contributed by atoms with Gasteiger partial charge in [-0.25, -0.2) is 0 Å². The molecule has 0 radical (unpaired) electrons. The van der Waals surface area contributed by atoms with Gasteiger partial charge in [-0.15, -0.1) is 21.8 Å². The van der Waals surface area contributed by atoms with E-state index in [0.29, 0.717) is 18.5 Å². The Kier molecular flexibility index (Phi) is 4.54. The van der Waals surface area contributed by atoms with Gasteiger partial charge < -0.3 is 9.30 Å². The second kappa shape index (κ2) is 5.47. The molecule has 0 aliphatic heterocycles. The number of alkyl halides is 1. The van der Waals surface area contributed by atoms with Crippen LogP contribution < -0.4 is 0 Å². The Bertz CT molecular complexity index is 310. The minimum atomic E-state index is 0.196. The fraction of sp³-hybridized carbons (Fsp3) is 0.800. The van der Waals surface area contributed by atoms with Crippen LogP contribution in [0.5, 0.6) is 0 Å². The van der Waals surface area contributed by atoms with Crippen molar-refractivity contribution in [3.63, 3.8) is 0 Å². The molecule has 86 valence electrons. The molecule has 0 saturated heterocycles. The Morgan fingerprint density at radius 2 is 1.80 bits per heavy atom. The summed E-state index contributed by atoms with van der Waals surface area (Å²) in [6, 6.07) is 0.305. The molecule has 1 aromatic rings. The fourth-order valence-corrected chi connectivity index (χ4v) is 1.57. The van der Waals surface area contributed by atoms with Gasteiger partial charge in [-0.2, -0.15) is 0 Å². The maximum atomic E-state index is 5.79. The molecule has 0 amide bonds. The smallest absolute Gasteiger partial charge is 0.159 e. The lowest BCUT2D eigenvalue weighted by Gasteiger charge is -2.14. The fourth-order valence-electron chi connectivity index (χ4n) is 1.39. The van der Waals surface area contributed by atoms with Crippen molar-refractivity contribution < 1.29 is 4.74 Å². The predicted octanol–water partition coefficient (Wildman–Crippen LogP) is 2.52. The average Bonchev–Trinajstić information content (AvgIpc) is 2.57. The summed E-state index contributed by atoms with van der Waals surface area (Å²) in [7, 11) is 0. The zero-order valence-electron chi connectivity index (χ0n) is 9.70. The van der Waals surface area contributed by atoms with Crippen molar-refractivity contribution in [2.45, 2.75) is 52.3 Å². The number of halogens is 1. The lowest BCUT2D eigenvalue weighted by atomic mass is 10.3. The van der Waals surface area contributed by atoms with E-state index in [9.17, 15) is 0 Å². The Labute approximate surface area is 95.6 Å². The molecule has 0 aliphatic carbocycles. The Hall–Kier alpha value is -0.610. The van der Waals surface area contributed by atoms with Gasteiger partial charge >= 0.3 is 0 Å². The zero-order chi connectivity index (χ0) is 11.4. The van der Waals surface area contributed by atoms with Gasteiger partial charge in [-0.05, 0) is 27.7 Å². The van der Waals surface area contributed by atoms with Gasteiger partial charge in [0.15, 0.2) is 5.82 Å². The molecule has 4 nitrogen and oxygen atoms in total. The molecule has 0 saturated carbocycles. The molecule has 0 fully saturated rings. The van der Waals surface area contributed by atoms with E-state index in [-0.39, 0.29) is 6.10 Å². The van der Waals surface area contributed by atoms with Crippen LogP contribution in [0.15, 0.2) is 0 Å². The Morgan fingerprint density at radius 3 is 2.27 bits per heavy atom. The van der Waals surface area contributed by atoms with Gasteiger partial charge in [0.1, 0.15) is 12.4 Å². The summed E-state index contributed by atoms with van der Waals surface area (Å²) in [5.74, 6) is 2.02. The van der Waals surface area contributed by atoms with Crippen molar-refractivity contribution >= 4 is 11.6 Å². The summed E-state index contributed by atoms with van der Waals surface area (Å²) in [6.07, 6.45) is 0.196. The van der Waals surface area contributed by atoms with Crippen molar-refractivity contribution in [1.29, 1.82) is 0 Å². The third-order valence-electron chi connectivity index (χ3n) is 2.02. The predicted molar refractivity (Wildman–Crippen MR) is 59.9 cm³/mol. The second-order valence-electron chi connectivity index (χ2n) is 3.99. The van der Waals surface area contributed by atoms with Crippen LogP contribution in [0, 0.1) is 0 Å². The number of hydrogen-bond acceptors (Lipinski definition) is 3. The third kappa shape index (κ3) is 3.18. The minimum absolute atomic E-state index is 0.196. The van der Waals surface area contributed by atoms with E-state index < -0.39 is 0 Å². The molecular weight excluding hydrogens is 214 g/mol. The molecule has 0 unspecified atom stereocenters. The molecule has 0 bridgehead atoms. The van der Waals surface area contributed by atoms with Crippen molar-refractivity contribution in [1.82, 2.24) is 14.8 Å². The molecule has 0 N–H and O–H groups in total. The highest BCUT2D eigenvalue weighted by Gasteiger charge is 2.14. The maximum Gasteiger partial charge on any atom is 0.159 e. The minimum Gasteiger partial charge on any atom is -0.371 e. The van der Waals surface area contributed by atoms with Gasteiger partial charge in [0.2, 0.25) is 0 Å². The second-order valence-corrected chi connectivity index (χ2v) is 4.26. The van der Waals surface area contributed by atoms with Crippen LogP contribution in [0.2, 0.25) is 0 Å². The topological polar surface area (TPSA) is 39.9 Å². The first kappa shape index (κ1) is 12.5. The normalized spacial score (nSPS) is 11.7. The largest absolute Gasteiger partial charge is 0.371 e. The lowest BCUT2D eigenvalue weighted by molar-refractivity contribution is 0.0587. The van der Waals surface area contributed by atoms with Gasteiger partial charge in [0, 0.05) is 6.04 Å². The van der Waals surface area contributed by atoms with Crippen LogP contribution in [-0.2, 0) is 17.2 Å². The molecule has 0 aliphatic rings. The maximum absolute atomic E-state index is 5.79. The number of ether oxygens (including phenoxy) is 1. The summed E-state index contributed by atoms with van der Waals surface area (Å²) < 4.78 is 7.53. The summed E-state index contributed by atoms with van der Waals surface area (Å²) in [6.45, 7) is 8.65. The van der Waals surface area contributed by atoms with E-state index in [1.807, 2.05) is 18.4 Å². The summed E-state index contributed by atoms with van der Waals surface area (Å²) in [5, 5.41) is 8.12. The summed E-state index contributed by atoms with van der Waals surface area (Å²) >= 11 is 5.79. The highest BCUT2D eigenvalue weighted by atomic mass is 35.5. The van der Waals surface area contributed by atoms with Gasteiger partial charge in [0.05, 0.1) is 12.0 Å². The number of nitrogens with zero attached hydrogens (tertiary/aromatic N) is 3. The summed E-state index contributed by atoms with van der Waals surface area (Å²) in [4.78, 5) is 0. The van der Waals surface area contributed by atoms with Crippen LogP contribution in [0.3, 0.4) is 0 Å². The van der Waals surface area contributed by atoms with Gasteiger partial charge in [0.25, 0.3) is 0 Å². The van der Waals surface area contributed by atoms with Gasteiger partial charge in [-0.1, -0.05) is 0 Å². The lowest BCUT2D eigenvalue weighted by Crippen LogP contribution is -2.12. The quantitative estimate of drug-likeness (QED) is 0.732. The summed E-state index contributed by atoms with van der Waals surface area (Å²) in [5.41, 5.74) is 0. The standard InChI is InChI=1S/C10H18ClN3O/c1-7(2)14-9(5-11)12-13-10(14)6-15-8(3)4/h7-8H,5-6H2,1-4H3. The van der Waals surface area contributed by atoms with E-state index in [2.05, 4.69) is 24.0 Å². The van der Waals surface area contributed by atoms with Crippen molar-refractivity contribution in [3.8, 4) is 0 Å². The zero-order valence-corrected chi connectivity index (χ0v) is 10.5. The van der Waals surface area contributed by atoms with Crippen LogP contribution >= 0.6 is 11.6 Å². The Balaban J connectivity index is 2.82. The van der Waals surface area contributed by atoms with Gasteiger partial charge in [-0.3, -0.25) is 0 Å². The van der Waals surface area contributed by atoms with Crippen molar-refractivity contribution in [2.24, 2.45) is 0 Å². The van der Waals surface area contributed by atoms with Crippen LogP contribution in [0.1, 0.15) is 45.4 Å². The highest BCUT2D eigenvalue weighted by Crippen LogP contribution is 2.14. The average molecular weight is 232 g/mol. The van der Waals surface area contributed by atoms with E-state index in [1.165, 1.54) is 0 Å².